The van der Waals surface area contributed by atoms with Crippen molar-refractivity contribution in [3.8, 4) is 0 Å². The van der Waals surface area contributed by atoms with Crippen LogP contribution in [0.25, 0.3) is 0 Å². The maximum absolute atomic E-state index is 11.4. The van der Waals surface area contributed by atoms with Gasteiger partial charge in [0, 0.05) is 40.2 Å². The molecule has 0 saturated heterocycles. The monoisotopic (exact) mass is 272 g/mol. The van der Waals surface area contributed by atoms with Crippen molar-refractivity contribution in [2.45, 2.75) is 39.2 Å². The van der Waals surface area contributed by atoms with Crippen molar-refractivity contribution in [1.82, 2.24) is 16.0 Å². The third-order valence-electron chi connectivity index (χ3n) is 2.67. The number of ether oxygens (including phenoxy) is 1. The summed E-state index contributed by atoms with van der Waals surface area (Å²) in [4.78, 5) is 15.5. The van der Waals surface area contributed by atoms with Crippen LogP contribution in [0.3, 0.4) is 0 Å². The number of nitrogens with zero attached hydrogens (tertiary/aromatic N) is 1. The maximum Gasteiger partial charge on any atom is 0.221 e. The molecule has 0 radical (unpaired) electrons. The largest absolute Gasteiger partial charge is 0.377 e. The molecule has 1 amide bonds. The normalized spacial score (nSPS) is 12.2. The molecule has 0 saturated carbocycles. The third-order valence-corrected chi connectivity index (χ3v) is 2.67. The summed E-state index contributed by atoms with van der Waals surface area (Å²) >= 11 is 0. The highest BCUT2D eigenvalue weighted by molar-refractivity contribution is 5.81. The molecule has 0 spiro atoms. The fourth-order valence-corrected chi connectivity index (χ4v) is 1.24. The molecule has 0 fully saturated rings. The van der Waals surface area contributed by atoms with Gasteiger partial charge < -0.3 is 20.7 Å². The predicted octanol–water partition coefficient (Wildman–Crippen LogP) is 0.493. The van der Waals surface area contributed by atoms with Crippen LogP contribution in [0.2, 0.25) is 0 Å². The fourth-order valence-electron chi connectivity index (χ4n) is 1.24. The van der Waals surface area contributed by atoms with Crippen molar-refractivity contribution in [3.63, 3.8) is 0 Å². The number of aliphatic imine (C=N–C) groups is 1. The summed E-state index contributed by atoms with van der Waals surface area (Å²) in [6.07, 6.45) is 1.39. The quantitative estimate of drug-likeness (QED) is 0.444. The zero-order valence-corrected chi connectivity index (χ0v) is 12.8. The minimum atomic E-state index is -0.254. The second-order valence-electron chi connectivity index (χ2n) is 4.92. The predicted molar refractivity (Wildman–Crippen MR) is 78.4 cm³/mol. The molecule has 0 aliphatic carbocycles. The van der Waals surface area contributed by atoms with Crippen LogP contribution in [-0.2, 0) is 9.53 Å². The number of hydrogen-bond donors (Lipinski definition) is 3. The molecular formula is C13H28N4O2. The van der Waals surface area contributed by atoms with Crippen molar-refractivity contribution in [1.29, 1.82) is 0 Å². The molecule has 6 heteroatoms. The number of nitrogens with one attached hydrogen (secondary N) is 3. The van der Waals surface area contributed by atoms with Crippen LogP contribution in [0.5, 0.6) is 0 Å². The van der Waals surface area contributed by atoms with Crippen molar-refractivity contribution in [2.75, 3.05) is 33.8 Å². The molecule has 0 rings (SSSR count). The first kappa shape index (κ1) is 17.7. The first-order valence-electron chi connectivity index (χ1n) is 6.71. The standard InChI is InChI=1S/C13H28N4O2/c1-6-8-15-11(18)7-9-16-12(14-4)17-10-13(2,3)19-5/h6-10H2,1-5H3,(H,15,18)(H2,14,16,17). The maximum atomic E-state index is 11.4. The molecular weight excluding hydrogens is 244 g/mol. The Labute approximate surface area is 116 Å². The van der Waals surface area contributed by atoms with E-state index in [0.29, 0.717) is 25.5 Å². The Bertz CT molecular complexity index is 290. The first-order valence-corrected chi connectivity index (χ1v) is 6.71. The third kappa shape index (κ3) is 9.30. The second-order valence-corrected chi connectivity index (χ2v) is 4.92. The summed E-state index contributed by atoms with van der Waals surface area (Å²) in [5.41, 5.74) is -0.254. The summed E-state index contributed by atoms with van der Waals surface area (Å²) in [7, 11) is 3.38. The van der Waals surface area contributed by atoms with Gasteiger partial charge in [0.1, 0.15) is 0 Å². The molecule has 0 aliphatic rings. The molecule has 0 aromatic rings. The smallest absolute Gasteiger partial charge is 0.221 e. The minimum Gasteiger partial charge on any atom is -0.377 e. The molecule has 0 aromatic carbocycles. The van der Waals surface area contributed by atoms with Crippen LogP contribution in [0, 0.1) is 0 Å². The van der Waals surface area contributed by atoms with Crippen LogP contribution in [0.4, 0.5) is 0 Å². The van der Waals surface area contributed by atoms with Gasteiger partial charge in [-0.15, -0.1) is 0 Å². The zero-order chi connectivity index (χ0) is 14.7. The van der Waals surface area contributed by atoms with E-state index in [-0.39, 0.29) is 11.5 Å². The molecule has 0 atom stereocenters. The Morgan fingerprint density at radius 1 is 1.21 bits per heavy atom. The summed E-state index contributed by atoms with van der Waals surface area (Å²) in [6, 6.07) is 0. The Morgan fingerprint density at radius 2 is 1.89 bits per heavy atom. The summed E-state index contributed by atoms with van der Waals surface area (Å²) in [6.45, 7) is 7.94. The van der Waals surface area contributed by atoms with Crippen molar-refractivity contribution in [3.05, 3.63) is 0 Å². The lowest BCUT2D eigenvalue weighted by molar-refractivity contribution is -0.120. The molecule has 6 nitrogen and oxygen atoms in total. The van der Waals surface area contributed by atoms with Gasteiger partial charge in [0.25, 0.3) is 0 Å². The Morgan fingerprint density at radius 3 is 2.42 bits per heavy atom. The van der Waals surface area contributed by atoms with Gasteiger partial charge >= 0.3 is 0 Å². The van der Waals surface area contributed by atoms with E-state index in [9.17, 15) is 4.79 Å². The van der Waals surface area contributed by atoms with Gasteiger partial charge in [-0.05, 0) is 20.3 Å². The van der Waals surface area contributed by atoms with Crippen LogP contribution < -0.4 is 16.0 Å². The van der Waals surface area contributed by atoms with Gasteiger partial charge in [-0.3, -0.25) is 9.79 Å². The fraction of sp³-hybridized carbons (Fsp3) is 0.846. The van der Waals surface area contributed by atoms with Gasteiger partial charge in [0.05, 0.1) is 5.60 Å². The number of carbonyl (C=O) groups excluding carboxylic acids is 1. The highest BCUT2D eigenvalue weighted by Gasteiger charge is 2.16. The van der Waals surface area contributed by atoms with Crippen molar-refractivity contribution in [2.24, 2.45) is 4.99 Å². The van der Waals surface area contributed by atoms with E-state index in [2.05, 4.69) is 20.9 Å². The molecule has 112 valence electrons. The SMILES string of the molecule is CCCNC(=O)CCNC(=NC)NCC(C)(C)OC. The van der Waals surface area contributed by atoms with E-state index < -0.39 is 0 Å². The van der Waals surface area contributed by atoms with E-state index >= 15 is 0 Å². The molecule has 0 bridgehead atoms. The number of guanidine groups is 1. The highest BCUT2D eigenvalue weighted by atomic mass is 16.5. The Balaban J connectivity index is 3.87. The lowest BCUT2D eigenvalue weighted by Crippen LogP contribution is -2.46. The average Bonchev–Trinajstić information content (AvgIpc) is 2.40. The lowest BCUT2D eigenvalue weighted by atomic mass is 10.1. The second kappa shape index (κ2) is 9.61. The number of carbonyl (C=O) groups is 1. The topological polar surface area (TPSA) is 74.8 Å². The van der Waals surface area contributed by atoms with E-state index in [1.807, 2.05) is 20.8 Å². The molecule has 0 aliphatic heterocycles. The van der Waals surface area contributed by atoms with Crippen LogP contribution in [-0.4, -0.2) is 51.3 Å². The zero-order valence-electron chi connectivity index (χ0n) is 12.8. The van der Waals surface area contributed by atoms with Crippen molar-refractivity contribution >= 4 is 11.9 Å². The number of methoxy groups -OCH3 is 1. The van der Waals surface area contributed by atoms with Gasteiger partial charge in [0.2, 0.25) is 5.91 Å². The Kier molecular flexibility index (Phi) is 8.95. The van der Waals surface area contributed by atoms with Crippen molar-refractivity contribution < 1.29 is 9.53 Å². The summed E-state index contributed by atoms with van der Waals surface area (Å²) < 4.78 is 5.31. The molecule has 0 heterocycles. The highest BCUT2D eigenvalue weighted by Crippen LogP contribution is 2.04. The molecule has 0 unspecified atom stereocenters. The van der Waals surface area contributed by atoms with Gasteiger partial charge in [-0.2, -0.15) is 0 Å². The van der Waals surface area contributed by atoms with E-state index in [1.54, 1.807) is 14.2 Å². The average molecular weight is 272 g/mol. The number of amides is 1. The molecule has 19 heavy (non-hydrogen) atoms. The van der Waals surface area contributed by atoms with Crippen LogP contribution in [0.1, 0.15) is 33.6 Å². The van der Waals surface area contributed by atoms with Gasteiger partial charge in [-0.25, -0.2) is 0 Å². The van der Waals surface area contributed by atoms with Crippen LogP contribution >= 0.6 is 0 Å². The minimum absolute atomic E-state index is 0.0574. The molecule has 3 N–H and O–H groups in total. The van der Waals surface area contributed by atoms with Gasteiger partial charge in [-0.1, -0.05) is 6.92 Å². The molecule has 0 aromatic heterocycles. The Hall–Kier alpha value is -1.30. The summed E-state index contributed by atoms with van der Waals surface area (Å²) in [5.74, 6) is 0.732. The van der Waals surface area contributed by atoms with E-state index in [4.69, 9.17) is 4.74 Å². The van der Waals surface area contributed by atoms with E-state index in [0.717, 1.165) is 13.0 Å². The van der Waals surface area contributed by atoms with Crippen LogP contribution in [0.15, 0.2) is 4.99 Å². The first-order chi connectivity index (χ1) is 8.95. The van der Waals surface area contributed by atoms with E-state index in [1.165, 1.54) is 0 Å². The number of rotatable bonds is 8. The van der Waals surface area contributed by atoms with Gasteiger partial charge in [0.15, 0.2) is 5.96 Å². The number of hydrogen-bond acceptors (Lipinski definition) is 3. The lowest BCUT2D eigenvalue weighted by Gasteiger charge is -2.24. The summed E-state index contributed by atoms with van der Waals surface area (Å²) in [5, 5.41) is 9.09.